The van der Waals surface area contributed by atoms with Gasteiger partial charge in [0, 0.05) is 54.9 Å². The topological polar surface area (TPSA) is 90.5 Å². The summed E-state index contributed by atoms with van der Waals surface area (Å²) in [5.41, 5.74) is 4.84. The van der Waals surface area contributed by atoms with Gasteiger partial charge < -0.3 is 24.5 Å². The molecule has 0 aliphatic carbocycles. The van der Waals surface area contributed by atoms with Crippen LogP contribution in [0.5, 0.6) is 5.75 Å². The number of nitrogens with one attached hydrogen (secondary N) is 1. The van der Waals surface area contributed by atoms with Gasteiger partial charge in [-0.05, 0) is 81.4 Å². The molecule has 0 fully saturated rings. The molecule has 0 aliphatic heterocycles. The van der Waals surface area contributed by atoms with Crippen molar-refractivity contribution in [2.24, 2.45) is 7.05 Å². The minimum absolute atomic E-state index is 0.288. The number of carboxylic acids is 1. The number of hydrogen-bond donors (Lipinski definition) is 2. The van der Waals surface area contributed by atoms with Crippen LogP contribution in [0.4, 0.5) is 4.39 Å². The number of benzene rings is 3. The molecule has 0 spiro atoms. The minimum Gasteiger partial charge on any atom is -0.493 e. The van der Waals surface area contributed by atoms with Gasteiger partial charge >= 0.3 is 5.97 Å². The second kappa shape index (κ2) is 16.2. The highest BCUT2D eigenvalue weighted by atomic mass is 19.1. The summed E-state index contributed by atoms with van der Waals surface area (Å²) in [5, 5.41) is 20.6. The molecule has 2 aromatic heterocycles. The molecule has 3 aromatic carbocycles. The van der Waals surface area contributed by atoms with E-state index in [0.29, 0.717) is 57.1 Å². The van der Waals surface area contributed by atoms with Crippen molar-refractivity contribution < 1.29 is 23.8 Å². The molecule has 9 heteroatoms. The summed E-state index contributed by atoms with van der Waals surface area (Å²) in [4.78, 5) is 12.7. The Morgan fingerprint density at radius 2 is 1.76 bits per heavy atom. The number of carbonyl (C=O) groups is 1. The Kier molecular flexibility index (Phi) is 12.1. The minimum atomic E-state index is -0.950. The maximum Gasteiger partial charge on any atom is 0.352 e. The first kappa shape index (κ1) is 33.7. The lowest BCUT2D eigenvalue weighted by Gasteiger charge is -2.12. The molecule has 0 saturated heterocycles. The molecule has 0 amide bonds. The first-order valence-electron chi connectivity index (χ1n) is 15.8. The van der Waals surface area contributed by atoms with Crippen molar-refractivity contribution in [3.63, 3.8) is 0 Å². The number of rotatable bonds is 14. The van der Waals surface area contributed by atoms with Crippen molar-refractivity contribution in [3.05, 3.63) is 83.6 Å². The van der Waals surface area contributed by atoms with Crippen LogP contribution in [-0.4, -0.2) is 58.3 Å². The van der Waals surface area contributed by atoms with E-state index in [1.807, 2.05) is 68.1 Å². The lowest BCUT2D eigenvalue weighted by Crippen LogP contribution is -2.13. The van der Waals surface area contributed by atoms with Crippen LogP contribution >= 0.6 is 0 Å². The highest BCUT2D eigenvalue weighted by Crippen LogP contribution is 2.36. The van der Waals surface area contributed by atoms with Crippen LogP contribution in [0.25, 0.3) is 32.8 Å². The second-order valence-electron chi connectivity index (χ2n) is 10.9. The molecule has 0 aliphatic rings. The average Bonchev–Trinajstić information content (AvgIpc) is 3.53. The highest BCUT2D eigenvalue weighted by molar-refractivity contribution is 6.04. The summed E-state index contributed by atoms with van der Waals surface area (Å²) in [6.45, 7) is 12.4. The van der Waals surface area contributed by atoms with E-state index in [9.17, 15) is 14.3 Å². The fourth-order valence-electron chi connectivity index (χ4n) is 5.78. The number of halogens is 1. The zero-order valence-electron chi connectivity index (χ0n) is 27.0. The third kappa shape index (κ3) is 8.09. The number of nitrogens with zero attached hydrogens (tertiary/aromatic N) is 3. The van der Waals surface area contributed by atoms with Gasteiger partial charge in [0.2, 0.25) is 0 Å². The zero-order chi connectivity index (χ0) is 32.3. The Morgan fingerprint density at radius 3 is 2.42 bits per heavy atom. The molecule has 45 heavy (non-hydrogen) atoms. The number of ether oxygens (including phenoxy) is 2. The molecule has 2 N–H and O–H groups in total. The van der Waals surface area contributed by atoms with Crippen molar-refractivity contribution in [1.82, 2.24) is 19.7 Å². The van der Waals surface area contributed by atoms with Gasteiger partial charge in [-0.1, -0.05) is 44.2 Å². The molecule has 8 nitrogen and oxygen atoms in total. The summed E-state index contributed by atoms with van der Waals surface area (Å²) in [6.07, 6.45) is 3.83. The lowest BCUT2D eigenvalue weighted by atomic mass is 10.0. The Bertz CT molecular complexity index is 1720. The van der Waals surface area contributed by atoms with Crippen molar-refractivity contribution in [2.45, 2.75) is 53.5 Å². The molecule has 5 aromatic rings. The average molecular weight is 617 g/mol. The number of fused-ring (bicyclic) bond motifs is 2. The van der Waals surface area contributed by atoms with Gasteiger partial charge in [-0.3, -0.25) is 4.68 Å². The predicted molar refractivity (Wildman–Crippen MR) is 179 cm³/mol. The van der Waals surface area contributed by atoms with Crippen LogP contribution in [0.2, 0.25) is 0 Å². The predicted octanol–water partition coefficient (Wildman–Crippen LogP) is 7.39. The third-order valence-electron chi connectivity index (χ3n) is 7.70. The SMILES string of the molecule is CCNCC.CCOCCCn1c(C(=O)O)c(CCCOc2cccc3cc(F)ccc23)c2cccc(-c3cn(C)nc3C)c21. The number of aromatic carboxylic acids is 1. The molecule has 0 atom stereocenters. The highest BCUT2D eigenvalue weighted by Gasteiger charge is 2.25. The van der Waals surface area contributed by atoms with Crippen LogP contribution in [0.3, 0.4) is 0 Å². The van der Waals surface area contributed by atoms with Gasteiger partial charge in [0.25, 0.3) is 0 Å². The molecule has 0 unspecified atom stereocenters. The van der Waals surface area contributed by atoms with E-state index < -0.39 is 5.97 Å². The van der Waals surface area contributed by atoms with Crippen molar-refractivity contribution >= 4 is 27.6 Å². The monoisotopic (exact) mass is 616 g/mol. The van der Waals surface area contributed by atoms with E-state index in [2.05, 4.69) is 24.3 Å². The third-order valence-corrected chi connectivity index (χ3v) is 7.70. The van der Waals surface area contributed by atoms with Gasteiger partial charge in [0.05, 0.1) is 17.8 Å². The van der Waals surface area contributed by atoms with E-state index >= 15 is 0 Å². The smallest absolute Gasteiger partial charge is 0.352 e. The number of hydrogen-bond acceptors (Lipinski definition) is 5. The summed E-state index contributed by atoms with van der Waals surface area (Å²) in [7, 11) is 1.89. The molecule has 0 saturated carbocycles. The quantitative estimate of drug-likeness (QED) is 0.126. The van der Waals surface area contributed by atoms with Gasteiger partial charge in [0.15, 0.2) is 0 Å². The Balaban J connectivity index is 0.000000854. The van der Waals surface area contributed by atoms with Gasteiger partial charge in [-0.15, -0.1) is 0 Å². The number of aromatic nitrogens is 3. The summed E-state index contributed by atoms with van der Waals surface area (Å²) >= 11 is 0. The van der Waals surface area contributed by atoms with Crippen molar-refractivity contribution in [1.29, 1.82) is 0 Å². The van der Waals surface area contributed by atoms with Crippen LogP contribution in [0.15, 0.2) is 60.8 Å². The number of para-hydroxylation sites is 1. The standard InChI is InChI=1S/C32H34FN3O4.C4H11N/c1-4-39-17-8-16-36-30-25(10-6-11-27(30)28-20-35(3)34-21(28)2)26(31(36)32(37)38)12-7-18-40-29-13-5-9-22-19-23(33)14-15-24(22)29;1-3-5-4-2/h5-6,9-11,13-15,19-20H,4,7-8,12,16-18H2,1-3H3,(H,37,38);5H,3-4H2,1-2H3. The first-order valence-corrected chi connectivity index (χ1v) is 15.8. The van der Waals surface area contributed by atoms with E-state index in [-0.39, 0.29) is 5.82 Å². The normalized spacial score (nSPS) is 11.2. The van der Waals surface area contributed by atoms with Crippen LogP contribution in [-0.2, 0) is 24.8 Å². The molecule has 5 rings (SSSR count). The van der Waals surface area contributed by atoms with Crippen molar-refractivity contribution in [3.8, 4) is 16.9 Å². The molecule has 0 radical (unpaired) electrons. The lowest BCUT2D eigenvalue weighted by molar-refractivity contribution is 0.0682. The van der Waals surface area contributed by atoms with Gasteiger partial charge in [0.1, 0.15) is 17.3 Å². The van der Waals surface area contributed by atoms with Crippen LogP contribution in [0.1, 0.15) is 55.4 Å². The molecule has 240 valence electrons. The van der Waals surface area contributed by atoms with Crippen LogP contribution < -0.4 is 10.1 Å². The van der Waals surface area contributed by atoms with Crippen molar-refractivity contribution in [2.75, 3.05) is 32.9 Å². The van der Waals surface area contributed by atoms with Crippen LogP contribution in [0, 0.1) is 12.7 Å². The zero-order valence-corrected chi connectivity index (χ0v) is 27.0. The van der Waals surface area contributed by atoms with E-state index in [1.54, 1.807) is 10.7 Å². The largest absolute Gasteiger partial charge is 0.493 e. The van der Waals surface area contributed by atoms with E-state index in [0.717, 1.165) is 57.1 Å². The Morgan fingerprint density at radius 1 is 0.978 bits per heavy atom. The van der Waals surface area contributed by atoms with E-state index in [4.69, 9.17) is 9.47 Å². The summed E-state index contributed by atoms with van der Waals surface area (Å²) in [5.74, 6) is -0.554. The molecule has 0 bridgehead atoms. The molecule has 2 heterocycles. The first-order chi connectivity index (χ1) is 21.8. The van der Waals surface area contributed by atoms with Gasteiger partial charge in [-0.25, -0.2) is 9.18 Å². The molecular formula is C36H45FN4O4. The van der Waals surface area contributed by atoms with E-state index in [1.165, 1.54) is 12.1 Å². The Hall–Kier alpha value is -4.21. The maximum atomic E-state index is 13.7. The summed E-state index contributed by atoms with van der Waals surface area (Å²) < 4.78 is 29.0. The maximum absolute atomic E-state index is 13.7. The number of aryl methyl sites for hydroxylation is 4. The number of carboxylic acid groups (broad SMARTS) is 1. The fourth-order valence-corrected chi connectivity index (χ4v) is 5.78. The fraction of sp³-hybridized carbons (Fsp3) is 0.389. The second-order valence-corrected chi connectivity index (χ2v) is 10.9. The Labute approximate surface area is 264 Å². The summed E-state index contributed by atoms with van der Waals surface area (Å²) in [6, 6.07) is 16.2. The van der Waals surface area contributed by atoms with Gasteiger partial charge in [-0.2, -0.15) is 5.10 Å². The molecular weight excluding hydrogens is 571 g/mol.